The highest BCUT2D eigenvalue weighted by molar-refractivity contribution is 8.00. The van der Waals surface area contributed by atoms with E-state index in [0.29, 0.717) is 11.6 Å². The predicted octanol–water partition coefficient (Wildman–Crippen LogP) is 4.49. The maximum atomic E-state index is 12.3. The molecule has 2 aromatic carbocycles. The van der Waals surface area contributed by atoms with Gasteiger partial charge in [-0.2, -0.15) is 10.1 Å². The summed E-state index contributed by atoms with van der Waals surface area (Å²) in [6.45, 7) is 2.07. The molecule has 0 atom stereocenters. The Hall–Kier alpha value is -2.18. The third kappa shape index (κ3) is 3.07. The third-order valence-corrected chi connectivity index (χ3v) is 5.82. The van der Waals surface area contributed by atoms with Crippen LogP contribution in [0.4, 0.5) is 5.13 Å². The van der Waals surface area contributed by atoms with E-state index in [2.05, 4.69) is 41.3 Å². The van der Waals surface area contributed by atoms with Crippen molar-refractivity contribution in [2.75, 3.05) is 10.8 Å². The standard InChI is InChI=1S/C18H15N3OS2/c1-12-6-8-14(9-7-12)23-11-13-10-17(22)21(20-13)18-19-15-4-2-3-5-16(15)24-18/h2-9H,10-11H2,1H3. The van der Waals surface area contributed by atoms with E-state index in [9.17, 15) is 4.79 Å². The molecule has 24 heavy (non-hydrogen) atoms. The predicted molar refractivity (Wildman–Crippen MR) is 101 cm³/mol. The van der Waals surface area contributed by atoms with Crippen molar-refractivity contribution < 1.29 is 4.79 Å². The minimum absolute atomic E-state index is 0.00596. The summed E-state index contributed by atoms with van der Waals surface area (Å²) < 4.78 is 1.07. The number of anilines is 1. The molecule has 0 aliphatic carbocycles. The molecule has 0 N–H and O–H groups in total. The van der Waals surface area contributed by atoms with Crippen molar-refractivity contribution in [3.8, 4) is 0 Å². The lowest BCUT2D eigenvalue weighted by Gasteiger charge is -2.05. The number of hydrazone groups is 1. The van der Waals surface area contributed by atoms with E-state index < -0.39 is 0 Å². The summed E-state index contributed by atoms with van der Waals surface area (Å²) >= 11 is 3.20. The van der Waals surface area contributed by atoms with Crippen molar-refractivity contribution in [3.63, 3.8) is 0 Å². The Bertz CT molecular complexity index is 898. The Balaban J connectivity index is 1.50. The molecule has 2 heterocycles. The number of nitrogens with zero attached hydrogens (tertiary/aromatic N) is 3. The summed E-state index contributed by atoms with van der Waals surface area (Å²) in [5, 5.41) is 6.60. The molecule has 0 bridgehead atoms. The van der Waals surface area contributed by atoms with E-state index in [1.807, 2.05) is 24.3 Å². The molecule has 0 unspecified atom stereocenters. The number of aryl methyl sites for hydroxylation is 1. The average Bonchev–Trinajstić information content (AvgIpc) is 3.17. The maximum Gasteiger partial charge on any atom is 0.255 e. The molecule has 1 aliphatic rings. The van der Waals surface area contributed by atoms with Crippen LogP contribution in [-0.2, 0) is 4.79 Å². The zero-order valence-corrected chi connectivity index (χ0v) is 14.7. The summed E-state index contributed by atoms with van der Waals surface area (Å²) in [6.07, 6.45) is 0.370. The van der Waals surface area contributed by atoms with Gasteiger partial charge in [-0.3, -0.25) is 4.79 Å². The van der Waals surface area contributed by atoms with E-state index in [4.69, 9.17) is 0 Å². The molecule has 1 aliphatic heterocycles. The van der Waals surface area contributed by atoms with E-state index >= 15 is 0 Å². The summed E-state index contributed by atoms with van der Waals surface area (Å²) in [5.74, 6) is 0.712. The summed E-state index contributed by atoms with van der Waals surface area (Å²) in [4.78, 5) is 18.0. The van der Waals surface area contributed by atoms with Crippen molar-refractivity contribution in [2.45, 2.75) is 18.2 Å². The number of fused-ring (bicyclic) bond motifs is 1. The molecule has 0 saturated carbocycles. The SMILES string of the molecule is Cc1ccc(SCC2=NN(c3nc4ccccc4s3)C(=O)C2)cc1. The average molecular weight is 353 g/mol. The molecule has 0 saturated heterocycles. The lowest BCUT2D eigenvalue weighted by molar-refractivity contribution is -0.116. The van der Waals surface area contributed by atoms with Gasteiger partial charge in [0.1, 0.15) is 0 Å². The van der Waals surface area contributed by atoms with Gasteiger partial charge >= 0.3 is 0 Å². The monoisotopic (exact) mass is 353 g/mol. The number of amides is 1. The van der Waals surface area contributed by atoms with Crippen LogP contribution in [0.25, 0.3) is 10.2 Å². The van der Waals surface area contributed by atoms with Gasteiger partial charge in [0.05, 0.1) is 22.3 Å². The summed E-state index contributed by atoms with van der Waals surface area (Å²) in [6, 6.07) is 16.3. The van der Waals surface area contributed by atoms with Gasteiger partial charge in [-0.25, -0.2) is 4.98 Å². The first-order valence-electron chi connectivity index (χ1n) is 7.63. The zero-order valence-electron chi connectivity index (χ0n) is 13.1. The van der Waals surface area contributed by atoms with E-state index in [-0.39, 0.29) is 5.91 Å². The molecule has 3 aromatic rings. The molecule has 0 spiro atoms. The van der Waals surface area contributed by atoms with Gasteiger partial charge < -0.3 is 0 Å². The lowest BCUT2D eigenvalue weighted by atomic mass is 10.2. The Kier molecular flexibility index (Phi) is 4.08. The first-order valence-corrected chi connectivity index (χ1v) is 9.43. The quantitative estimate of drug-likeness (QED) is 0.649. The van der Waals surface area contributed by atoms with Gasteiger partial charge in [-0.1, -0.05) is 41.2 Å². The molecule has 120 valence electrons. The number of hydrogen-bond donors (Lipinski definition) is 0. The molecule has 0 radical (unpaired) electrons. The molecular formula is C18H15N3OS2. The Morgan fingerprint density at radius 3 is 2.75 bits per heavy atom. The van der Waals surface area contributed by atoms with E-state index in [0.717, 1.165) is 21.7 Å². The molecular weight excluding hydrogens is 338 g/mol. The zero-order chi connectivity index (χ0) is 16.5. The molecule has 6 heteroatoms. The van der Waals surface area contributed by atoms with Gasteiger partial charge in [0.2, 0.25) is 5.13 Å². The highest BCUT2D eigenvalue weighted by Gasteiger charge is 2.27. The Morgan fingerprint density at radius 1 is 1.17 bits per heavy atom. The number of carbonyl (C=O) groups is 1. The van der Waals surface area contributed by atoms with Gasteiger partial charge in [-0.05, 0) is 31.2 Å². The van der Waals surface area contributed by atoms with Crippen LogP contribution >= 0.6 is 23.1 Å². The van der Waals surface area contributed by atoms with Crippen LogP contribution in [0.5, 0.6) is 0 Å². The summed E-state index contributed by atoms with van der Waals surface area (Å²) in [5.41, 5.74) is 3.04. The smallest absolute Gasteiger partial charge is 0.255 e. The van der Waals surface area contributed by atoms with Gasteiger partial charge in [-0.15, -0.1) is 11.8 Å². The maximum absolute atomic E-state index is 12.3. The van der Waals surface area contributed by atoms with Crippen LogP contribution in [0.3, 0.4) is 0 Å². The number of hydrogen-bond acceptors (Lipinski definition) is 5. The molecule has 1 aromatic heterocycles. The Labute approximate surface area is 148 Å². The summed E-state index contributed by atoms with van der Waals surface area (Å²) in [7, 11) is 0. The largest absolute Gasteiger partial charge is 0.272 e. The fourth-order valence-electron chi connectivity index (χ4n) is 2.46. The molecule has 1 amide bonds. The minimum atomic E-state index is -0.00596. The normalized spacial score (nSPS) is 14.5. The highest BCUT2D eigenvalue weighted by Crippen LogP contribution is 2.31. The molecule has 4 nitrogen and oxygen atoms in total. The number of benzene rings is 2. The van der Waals surface area contributed by atoms with Gasteiger partial charge in [0, 0.05) is 10.6 Å². The van der Waals surface area contributed by atoms with Crippen LogP contribution < -0.4 is 5.01 Å². The van der Waals surface area contributed by atoms with Crippen LogP contribution in [0.2, 0.25) is 0 Å². The fraction of sp³-hybridized carbons (Fsp3) is 0.167. The number of para-hydroxylation sites is 1. The second-order valence-corrected chi connectivity index (χ2v) is 7.67. The first-order chi connectivity index (χ1) is 11.7. The number of rotatable bonds is 4. The minimum Gasteiger partial charge on any atom is -0.272 e. The van der Waals surface area contributed by atoms with Crippen molar-refractivity contribution in [1.82, 2.24) is 4.98 Å². The van der Waals surface area contributed by atoms with Crippen LogP contribution in [-0.4, -0.2) is 22.4 Å². The number of aromatic nitrogens is 1. The lowest BCUT2D eigenvalue weighted by Crippen LogP contribution is -2.19. The highest BCUT2D eigenvalue weighted by atomic mass is 32.2. The van der Waals surface area contributed by atoms with Crippen LogP contribution in [0.15, 0.2) is 58.5 Å². The van der Waals surface area contributed by atoms with Crippen molar-refractivity contribution in [1.29, 1.82) is 0 Å². The molecule has 4 rings (SSSR count). The second-order valence-electron chi connectivity index (χ2n) is 5.61. The van der Waals surface area contributed by atoms with Crippen LogP contribution in [0, 0.1) is 6.92 Å². The fourth-order valence-corrected chi connectivity index (χ4v) is 4.22. The number of thiazole rings is 1. The van der Waals surface area contributed by atoms with Crippen molar-refractivity contribution in [2.24, 2.45) is 5.10 Å². The van der Waals surface area contributed by atoms with Crippen molar-refractivity contribution in [3.05, 3.63) is 54.1 Å². The third-order valence-electron chi connectivity index (χ3n) is 3.72. The van der Waals surface area contributed by atoms with Crippen LogP contribution in [0.1, 0.15) is 12.0 Å². The first kappa shape index (κ1) is 15.4. The van der Waals surface area contributed by atoms with E-state index in [1.54, 1.807) is 11.8 Å². The topological polar surface area (TPSA) is 45.6 Å². The van der Waals surface area contributed by atoms with Crippen molar-refractivity contribution >= 4 is 50.1 Å². The van der Waals surface area contributed by atoms with E-state index in [1.165, 1.54) is 26.8 Å². The van der Waals surface area contributed by atoms with Gasteiger partial charge in [0.15, 0.2) is 0 Å². The number of thioether (sulfide) groups is 1. The number of carbonyl (C=O) groups excluding carboxylic acids is 1. The Morgan fingerprint density at radius 2 is 1.96 bits per heavy atom. The second kappa shape index (κ2) is 6.37. The molecule has 0 fully saturated rings. The van der Waals surface area contributed by atoms with Gasteiger partial charge in [0.25, 0.3) is 5.91 Å².